The van der Waals surface area contributed by atoms with Crippen molar-refractivity contribution in [1.29, 1.82) is 0 Å². The van der Waals surface area contributed by atoms with Crippen molar-refractivity contribution in [3.8, 4) is 0 Å². The molecule has 29 heavy (non-hydrogen) atoms. The molecule has 0 bridgehead atoms. The molecule has 0 radical (unpaired) electrons. The maximum Gasteiger partial charge on any atom is 0.224 e. The van der Waals surface area contributed by atoms with Crippen LogP contribution in [-0.4, -0.2) is 37.5 Å². The Morgan fingerprint density at radius 3 is 2.55 bits per heavy atom. The summed E-state index contributed by atoms with van der Waals surface area (Å²) in [6.07, 6.45) is 2.92. The van der Waals surface area contributed by atoms with Crippen molar-refractivity contribution >= 4 is 27.6 Å². The molecule has 1 amide bonds. The first-order valence-corrected chi connectivity index (χ1v) is 9.96. The molecule has 4 nitrogen and oxygen atoms in total. The molecule has 4 aromatic rings. The molecular formula is C25H26N2O2. The molecule has 0 saturated carbocycles. The number of amides is 1. The molecule has 4 heteroatoms. The Morgan fingerprint density at radius 2 is 1.76 bits per heavy atom. The maximum atomic E-state index is 12.7. The molecule has 3 aromatic carbocycles. The minimum absolute atomic E-state index is 0.0144. The molecule has 4 rings (SSSR count). The van der Waals surface area contributed by atoms with Gasteiger partial charge in [-0.2, -0.15) is 0 Å². The predicted molar refractivity (Wildman–Crippen MR) is 118 cm³/mol. The molecule has 0 fully saturated rings. The molecule has 1 N–H and O–H groups in total. The zero-order valence-corrected chi connectivity index (χ0v) is 16.9. The van der Waals surface area contributed by atoms with Crippen LogP contribution in [0, 0.1) is 0 Å². The number of carbonyl (C=O) groups excluding carboxylic acids is 1. The van der Waals surface area contributed by atoms with Crippen LogP contribution >= 0.6 is 0 Å². The van der Waals surface area contributed by atoms with Gasteiger partial charge in [0.15, 0.2) is 0 Å². The Bertz CT molecular complexity index is 1120. The van der Waals surface area contributed by atoms with Crippen molar-refractivity contribution < 1.29 is 9.21 Å². The number of likely N-dealkylation sites (N-methyl/N-ethyl adjacent to an activating group) is 1. The number of nitrogens with zero attached hydrogens (tertiary/aromatic N) is 1. The number of hydrogen-bond donors (Lipinski definition) is 1. The van der Waals surface area contributed by atoms with Crippen molar-refractivity contribution in [2.24, 2.45) is 0 Å². The van der Waals surface area contributed by atoms with Gasteiger partial charge in [-0.25, -0.2) is 0 Å². The van der Waals surface area contributed by atoms with Crippen LogP contribution in [0.3, 0.4) is 0 Å². The average molecular weight is 386 g/mol. The summed E-state index contributed by atoms with van der Waals surface area (Å²) in [6.45, 7) is 0.608. The SMILES string of the molecule is CN(C)C(CNC(=O)Cc1coc2ccc3ccccc3c12)Cc1ccccc1. The Kier molecular flexibility index (Phi) is 5.63. The second kappa shape index (κ2) is 8.50. The monoisotopic (exact) mass is 386 g/mol. The van der Waals surface area contributed by atoms with E-state index in [1.165, 1.54) is 5.56 Å². The lowest BCUT2D eigenvalue weighted by Gasteiger charge is -2.24. The highest BCUT2D eigenvalue weighted by molar-refractivity contribution is 6.08. The smallest absolute Gasteiger partial charge is 0.224 e. The van der Waals surface area contributed by atoms with Gasteiger partial charge in [-0.15, -0.1) is 0 Å². The standard InChI is InChI=1S/C25H26N2O2/c1-27(2)21(14-18-8-4-3-5-9-18)16-26-24(28)15-20-17-29-23-13-12-19-10-6-7-11-22(19)25(20)23/h3-13,17,21H,14-16H2,1-2H3,(H,26,28). The maximum absolute atomic E-state index is 12.7. The van der Waals surface area contributed by atoms with Gasteiger partial charge in [0.25, 0.3) is 0 Å². The summed E-state index contributed by atoms with van der Waals surface area (Å²) >= 11 is 0. The van der Waals surface area contributed by atoms with Crippen molar-refractivity contribution in [1.82, 2.24) is 10.2 Å². The van der Waals surface area contributed by atoms with E-state index in [-0.39, 0.29) is 11.9 Å². The van der Waals surface area contributed by atoms with E-state index in [1.807, 2.05) is 24.3 Å². The molecule has 1 heterocycles. The minimum Gasteiger partial charge on any atom is -0.464 e. The highest BCUT2D eigenvalue weighted by atomic mass is 16.3. The van der Waals surface area contributed by atoms with Gasteiger partial charge in [0.2, 0.25) is 5.91 Å². The summed E-state index contributed by atoms with van der Waals surface area (Å²) in [6, 6.07) is 22.8. The summed E-state index contributed by atoms with van der Waals surface area (Å²) < 4.78 is 5.71. The molecule has 0 aliphatic carbocycles. The van der Waals surface area contributed by atoms with Crippen LogP contribution in [0.1, 0.15) is 11.1 Å². The molecule has 0 spiro atoms. The second-order valence-corrected chi connectivity index (χ2v) is 7.71. The first-order valence-electron chi connectivity index (χ1n) is 9.96. The van der Waals surface area contributed by atoms with E-state index in [0.717, 1.165) is 33.7 Å². The summed E-state index contributed by atoms with van der Waals surface area (Å²) in [5.74, 6) is 0.0144. The summed E-state index contributed by atoms with van der Waals surface area (Å²) in [5.41, 5.74) is 3.02. The zero-order chi connectivity index (χ0) is 20.2. The van der Waals surface area contributed by atoms with Crippen LogP contribution < -0.4 is 5.32 Å². The van der Waals surface area contributed by atoms with E-state index in [2.05, 4.69) is 66.8 Å². The summed E-state index contributed by atoms with van der Waals surface area (Å²) in [4.78, 5) is 14.9. The predicted octanol–water partition coefficient (Wildman–Crippen LogP) is 4.42. The van der Waals surface area contributed by atoms with Crippen LogP contribution in [-0.2, 0) is 17.6 Å². The number of benzene rings is 3. The fourth-order valence-electron chi connectivity index (χ4n) is 3.80. The van der Waals surface area contributed by atoms with Gasteiger partial charge in [0, 0.05) is 23.5 Å². The zero-order valence-electron chi connectivity index (χ0n) is 16.9. The highest BCUT2D eigenvalue weighted by Crippen LogP contribution is 2.30. The molecule has 0 saturated heterocycles. The van der Waals surface area contributed by atoms with Crippen LogP contribution in [0.25, 0.3) is 21.7 Å². The minimum atomic E-state index is 0.0144. The molecule has 1 atom stereocenters. The van der Waals surface area contributed by atoms with E-state index in [0.29, 0.717) is 13.0 Å². The van der Waals surface area contributed by atoms with Gasteiger partial charge in [-0.05, 0) is 42.9 Å². The Morgan fingerprint density at radius 1 is 1.00 bits per heavy atom. The van der Waals surface area contributed by atoms with Crippen LogP contribution in [0.4, 0.5) is 0 Å². The number of furan rings is 1. The molecule has 148 valence electrons. The van der Waals surface area contributed by atoms with Crippen LogP contribution in [0.5, 0.6) is 0 Å². The Balaban J connectivity index is 1.46. The molecule has 1 aromatic heterocycles. The highest BCUT2D eigenvalue weighted by Gasteiger charge is 2.16. The van der Waals surface area contributed by atoms with Gasteiger partial charge in [-0.3, -0.25) is 4.79 Å². The van der Waals surface area contributed by atoms with Crippen LogP contribution in [0.2, 0.25) is 0 Å². The van der Waals surface area contributed by atoms with Crippen molar-refractivity contribution in [3.63, 3.8) is 0 Å². The quantitative estimate of drug-likeness (QED) is 0.511. The first-order chi connectivity index (χ1) is 14.1. The van der Waals surface area contributed by atoms with E-state index in [1.54, 1.807) is 6.26 Å². The fourth-order valence-corrected chi connectivity index (χ4v) is 3.80. The number of nitrogens with one attached hydrogen (secondary N) is 1. The van der Waals surface area contributed by atoms with Crippen molar-refractivity contribution in [2.45, 2.75) is 18.9 Å². The van der Waals surface area contributed by atoms with E-state index >= 15 is 0 Å². The van der Waals surface area contributed by atoms with E-state index < -0.39 is 0 Å². The molecule has 1 unspecified atom stereocenters. The Labute approximate surface area is 171 Å². The van der Waals surface area contributed by atoms with Gasteiger partial charge in [-0.1, -0.05) is 60.7 Å². The average Bonchev–Trinajstić information content (AvgIpc) is 3.15. The number of fused-ring (bicyclic) bond motifs is 3. The summed E-state index contributed by atoms with van der Waals surface area (Å²) in [7, 11) is 4.10. The third-order valence-electron chi connectivity index (χ3n) is 5.47. The lowest BCUT2D eigenvalue weighted by atomic mass is 10.0. The third kappa shape index (κ3) is 4.33. The number of carbonyl (C=O) groups is 1. The number of hydrogen-bond acceptors (Lipinski definition) is 3. The second-order valence-electron chi connectivity index (χ2n) is 7.71. The molecular weight excluding hydrogens is 360 g/mol. The van der Waals surface area contributed by atoms with Crippen molar-refractivity contribution in [2.75, 3.05) is 20.6 Å². The van der Waals surface area contributed by atoms with Gasteiger partial charge >= 0.3 is 0 Å². The van der Waals surface area contributed by atoms with Gasteiger partial charge < -0.3 is 14.6 Å². The lowest BCUT2D eigenvalue weighted by Crippen LogP contribution is -2.42. The normalized spacial score (nSPS) is 12.5. The van der Waals surface area contributed by atoms with Crippen molar-refractivity contribution in [3.05, 3.63) is 84.1 Å². The van der Waals surface area contributed by atoms with Gasteiger partial charge in [0.05, 0.1) is 12.7 Å². The topological polar surface area (TPSA) is 45.5 Å². The first kappa shape index (κ1) is 19.2. The Hall–Kier alpha value is -3.11. The fraction of sp³-hybridized carbons (Fsp3) is 0.240. The van der Waals surface area contributed by atoms with Crippen LogP contribution in [0.15, 0.2) is 77.4 Å². The molecule has 0 aliphatic heterocycles. The van der Waals surface area contributed by atoms with E-state index in [4.69, 9.17) is 4.42 Å². The number of rotatable bonds is 7. The lowest BCUT2D eigenvalue weighted by molar-refractivity contribution is -0.120. The van der Waals surface area contributed by atoms with Gasteiger partial charge in [0.1, 0.15) is 5.58 Å². The molecule has 0 aliphatic rings. The summed E-state index contributed by atoms with van der Waals surface area (Å²) in [5, 5.41) is 6.42. The third-order valence-corrected chi connectivity index (χ3v) is 5.47. The largest absolute Gasteiger partial charge is 0.464 e. The van der Waals surface area contributed by atoms with E-state index in [9.17, 15) is 4.79 Å².